The number of carbonyl (C=O) groups excluding carboxylic acids is 2. The van der Waals surface area contributed by atoms with Crippen LogP contribution in [0.25, 0.3) is 0 Å². The fourth-order valence-electron chi connectivity index (χ4n) is 2.09. The molecule has 1 atom stereocenters. The van der Waals surface area contributed by atoms with Crippen molar-refractivity contribution >= 4 is 27.4 Å². The predicted octanol–water partition coefficient (Wildman–Crippen LogP) is 2.58. The van der Waals surface area contributed by atoms with Crippen LogP contribution in [-0.2, 0) is 19.4 Å². The van der Waals surface area contributed by atoms with Crippen LogP contribution in [0.3, 0.4) is 0 Å². The molecule has 2 rings (SSSR count). The van der Waals surface area contributed by atoms with E-state index >= 15 is 0 Å². The van der Waals surface area contributed by atoms with E-state index in [1.165, 1.54) is 25.1 Å². The number of sulfone groups is 1. The first-order valence-corrected chi connectivity index (χ1v) is 9.45. The normalized spacial score (nSPS) is 12.3. The highest BCUT2D eigenvalue weighted by Gasteiger charge is 2.21. The number of benzene rings is 2. The summed E-state index contributed by atoms with van der Waals surface area (Å²) < 4.78 is 28.4. The Kier molecular flexibility index (Phi) is 5.58. The summed E-state index contributed by atoms with van der Waals surface area (Å²) >= 11 is 0. The van der Waals surface area contributed by atoms with E-state index in [4.69, 9.17) is 4.74 Å². The van der Waals surface area contributed by atoms with E-state index in [9.17, 15) is 18.0 Å². The van der Waals surface area contributed by atoms with Crippen LogP contribution < -0.4 is 5.32 Å². The van der Waals surface area contributed by atoms with Gasteiger partial charge in [0.1, 0.15) is 0 Å². The smallest absolute Gasteiger partial charge is 0.339 e. The van der Waals surface area contributed by atoms with Crippen molar-refractivity contribution in [3.05, 3.63) is 59.7 Å². The number of carbonyl (C=O) groups is 2. The molecule has 0 saturated carbocycles. The number of anilines is 1. The molecule has 2 aromatic carbocycles. The van der Waals surface area contributed by atoms with Gasteiger partial charge in [0.15, 0.2) is 15.9 Å². The molecule has 132 valence electrons. The van der Waals surface area contributed by atoms with Gasteiger partial charge in [0, 0.05) is 11.9 Å². The molecule has 2 aromatic rings. The van der Waals surface area contributed by atoms with E-state index in [1.807, 2.05) is 6.07 Å². The molecule has 0 unspecified atom stereocenters. The van der Waals surface area contributed by atoms with Gasteiger partial charge in [-0.3, -0.25) is 4.79 Å². The van der Waals surface area contributed by atoms with Gasteiger partial charge in [-0.05, 0) is 43.7 Å². The molecular weight excluding hydrogens is 342 g/mol. The van der Waals surface area contributed by atoms with Crippen molar-refractivity contribution in [3.63, 3.8) is 0 Å². The van der Waals surface area contributed by atoms with Crippen LogP contribution >= 0.6 is 0 Å². The molecule has 0 radical (unpaired) electrons. The number of aryl methyl sites for hydroxylation is 1. The van der Waals surface area contributed by atoms with Crippen molar-refractivity contribution in [1.29, 1.82) is 0 Å². The Morgan fingerprint density at radius 2 is 1.72 bits per heavy atom. The second-order valence-electron chi connectivity index (χ2n) is 5.65. The van der Waals surface area contributed by atoms with Crippen molar-refractivity contribution in [2.75, 3.05) is 11.6 Å². The molecule has 0 aromatic heterocycles. The van der Waals surface area contributed by atoms with Crippen LogP contribution in [0.15, 0.2) is 53.4 Å². The lowest BCUT2D eigenvalue weighted by molar-refractivity contribution is -0.123. The minimum absolute atomic E-state index is 0.0199. The lowest BCUT2D eigenvalue weighted by Crippen LogP contribution is -2.30. The molecule has 25 heavy (non-hydrogen) atoms. The van der Waals surface area contributed by atoms with Gasteiger partial charge in [-0.15, -0.1) is 0 Å². The van der Waals surface area contributed by atoms with Crippen molar-refractivity contribution in [2.24, 2.45) is 0 Å². The van der Waals surface area contributed by atoms with Crippen LogP contribution in [0.4, 0.5) is 5.69 Å². The van der Waals surface area contributed by atoms with Gasteiger partial charge in [-0.2, -0.15) is 0 Å². The van der Waals surface area contributed by atoms with Crippen LogP contribution in [0.2, 0.25) is 0 Å². The van der Waals surface area contributed by atoms with E-state index in [-0.39, 0.29) is 10.5 Å². The van der Waals surface area contributed by atoms with Crippen LogP contribution in [0, 0.1) is 6.92 Å². The zero-order chi connectivity index (χ0) is 18.6. The average Bonchev–Trinajstić information content (AvgIpc) is 2.54. The Balaban J connectivity index is 2.12. The maximum atomic E-state index is 12.3. The third-order valence-electron chi connectivity index (χ3n) is 3.55. The van der Waals surface area contributed by atoms with Gasteiger partial charge in [0.25, 0.3) is 5.91 Å². The topological polar surface area (TPSA) is 89.5 Å². The van der Waals surface area contributed by atoms with Crippen molar-refractivity contribution in [3.8, 4) is 0 Å². The third kappa shape index (κ3) is 4.90. The zero-order valence-corrected chi connectivity index (χ0v) is 15.0. The Morgan fingerprint density at radius 1 is 1.08 bits per heavy atom. The Hall–Kier alpha value is -2.67. The standard InChI is InChI=1S/C18H19NO5S/c1-12-9-10-15(25(3,22)23)11-16(12)18(21)24-13(2)17(20)19-14-7-5-4-6-8-14/h4-11,13H,1-3H3,(H,19,20)/t13-/m1/s1. The summed E-state index contributed by atoms with van der Waals surface area (Å²) in [5.41, 5.74) is 1.26. The average molecular weight is 361 g/mol. The quantitative estimate of drug-likeness (QED) is 0.827. The number of hydrogen-bond acceptors (Lipinski definition) is 5. The molecule has 0 aliphatic heterocycles. The minimum atomic E-state index is -3.45. The molecule has 0 saturated heterocycles. The molecule has 1 amide bonds. The Labute approximate surface area is 146 Å². The van der Waals surface area contributed by atoms with Gasteiger partial charge < -0.3 is 10.1 Å². The highest BCUT2D eigenvalue weighted by molar-refractivity contribution is 7.90. The first-order valence-electron chi connectivity index (χ1n) is 7.56. The predicted molar refractivity (Wildman–Crippen MR) is 94.2 cm³/mol. The number of esters is 1. The lowest BCUT2D eigenvalue weighted by Gasteiger charge is -2.15. The summed E-state index contributed by atoms with van der Waals surface area (Å²) in [6.45, 7) is 3.11. The fraction of sp³-hybridized carbons (Fsp3) is 0.222. The highest BCUT2D eigenvalue weighted by atomic mass is 32.2. The monoisotopic (exact) mass is 361 g/mol. The molecule has 0 bridgehead atoms. The summed E-state index contributed by atoms with van der Waals surface area (Å²) in [5.74, 6) is -1.23. The first-order chi connectivity index (χ1) is 11.7. The highest BCUT2D eigenvalue weighted by Crippen LogP contribution is 2.17. The SMILES string of the molecule is Cc1ccc(S(C)(=O)=O)cc1C(=O)O[C@H](C)C(=O)Nc1ccccc1. The summed E-state index contributed by atoms with van der Waals surface area (Å²) in [6, 6.07) is 13.0. The maximum Gasteiger partial charge on any atom is 0.339 e. The molecule has 7 heteroatoms. The minimum Gasteiger partial charge on any atom is -0.449 e. The number of nitrogens with one attached hydrogen (secondary N) is 1. The molecule has 6 nitrogen and oxygen atoms in total. The summed E-state index contributed by atoms with van der Waals surface area (Å²) in [5, 5.41) is 2.64. The van der Waals surface area contributed by atoms with Gasteiger partial charge >= 0.3 is 5.97 Å². The van der Waals surface area contributed by atoms with Crippen molar-refractivity contribution < 1.29 is 22.7 Å². The number of amides is 1. The number of hydrogen-bond donors (Lipinski definition) is 1. The number of rotatable bonds is 5. The third-order valence-corrected chi connectivity index (χ3v) is 4.66. The molecule has 0 aliphatic rings. The van der Waals surface area contributed by atoms with Gasteiger partial charge in [0.2, 0.25) is 0 Å². The molecule has 0 fully saturated rings. The van der Waals surface area contributed by atoms with Crippen molar-refractivity contribution in [1.82, 2.24) is 0 Å². The van der Waals surface area contributed by atoms with Gasteiger partial charge in [-0.1, -0.05) is 24.3 Å². The Morgan fingerprint density at radius 3 is 2.32 bits per heavy atom. The molecule has 1 N–H and O–H groups in total. The summed E-state index contributed by atoms with van der Waals surface area (Å²) in [6.07, 6.45) is 0.0249. The van der Waals surface area contributed by atoms with Crippen molar-refractivity contribution in [2.45, 2.75) is 24.8 Å². The molecular formula is C18H19NO5S. The zero-order valence-electron chi connectivity index (χ0n) is 14.1. The van der Waals surface area contributed by atoms with Crippen LogP contribution in [0.1, 0.15) is 22.8 Å². The maximum absolute atomic E-state index is 12.3. The van der Waals surface area contributed by atoms with E-state index in [0.717, 1.165) is 6.26 Å². The summed E-state index contributed by atoms with van der Waals surface area (Å²) in [4.78, 5) is 24.4. The number of ether oxygens (including phenoxy) is 1. The lowest BCUT2D eigenvalue weighted by atomic mass is 10.1. The van der Waals surface area contributed by atoms with Crippen LogP contribution in [-0.4, -0.2) is 32.7 Å². The molecule has 0 heterocycles. The summed E-state index contributed by atoms with van der Waals surface area (Å²) in [7, 11) is -3.45. The molecule has 0 spiro atoms. The second kappa shape index (κ2) is 7.48. The largest absolute Gasteiger partial charge is 0.449 e. The van der Waals surface area contributed by atoms with E-state index in [1.54, 1.807) is 31.2 Å². The van der Waals surface area contributed by atoms with Crippen LogP contribution in [0.5, 0.6) is 0 Å². The molecule has 0 aliphatic carbocycles. The fourth-order valence-corrected chi connectivity index (χ4v) is 2.74. The van der Waals surface area contributed by atoms with Gasteiger partial charge in [-0.25, -0.2) is 13.2 Å². The van der Waals surface area contributed by atoms with E-state index < -0.39 is 27.8 Å². The number of para-hydroxylation sites is 1. The Bertz CT molecular complexity index is 891. The van der Waals surface area contributed by atoms with E-state index in [2.05, 4.69) is 5.32 Å². The van der Waals surface area contributed by atoms with Gasteiger partial charge in [0.05, 0.1) is 10.5 Å². The second-order valence-corrected chi connectivity index (χ2v) is 7.67. The van der Waals surface area contributed by atoms with E-state index in [0.29, 0.717) is 11.3 Å². The first kappa shape index (κ1) is 18.7.